The van der Waals surface area contributed by atoms with Gasteiger partial charge in [0.25, 0.3) is 5.56 Å². The summed E-state index contributed by atoms with van der Waals surface area (Å²) < 4.78 is 15.0. The second kappa shape index (κ2) is 6.26. The smallest absolute Gasteiger partial charge is 0.267 e. The molecule has 2 aromatic heterocycles. The van der Waals surface area contributed by atoms with Gasteiger partial charge in [0.15, 0.2) is 0 Å². The maximum Gasteiger partial charge on any atom is 0.267 e. The summed E-state index contributed by atoms with van der Waals surface area (Å²) in [7, 11) is 0. The molecular weight excluding hydrogens is 345 g/mol. The molecule has 1 aliphatic heterocycles. The van der Waals surface area contributed by atoms with E-state index >= 15 is 0 Å². The largest absolute Gasteiger partial charge is 0.352 e. The van der Waals surface area contributed by atoms with E-state index in [9.17, 15) is 9.18 Å². The van der Waals surface area contributed by atoms with Crippen LogP contribution in [-0.4, -0.2) is 32.8 Å². The Labute approximate surface area is 155 Å². The Morgan fingerprint density at radius 1 is 1.07 bits per heavy atom. The van der Waals surface area contributed by atoms with Crippen molar-refractivity contribution in [2.24, 2.45) is 0 Å². The van der Waals surface area contributed by atoms with Crippen molar-refractivity contribution in [1.82, 2.24) is 19.7 Å². The standard InChI is InChI=1S/C20H18FN5O/c21-15-3-1-2-14(10-15)17-6-7-19(27)26(24-17)16-11-25(12-16)18-8-9-22-20(23-18)13-4-5-13/h1-3,6-10,13,16H,4-5,11-12H2. The van der Waals surface area contributed by atoms with Crippen LogP contribution in [0.4, 0.5) is 10.2 Å². The van der Waals surface area contributed by atoms with Gasteiger partial charge in [0, 0.05) is 36.8 Å². The van der Waals surface area contributed by atoms with Crippen LogP contribution in [0.5, 0.6) is 0 Å². The zero-order valence-corrected chi connectivity index (χ0v) is 14.6. The van der Waals surface area contributed by atoms with E-state index in [0.717, 1.165) is 24.5 Å². The molecule has 7 heteroatoms. The highest BCUT2D eigenvalue weighted by molar-refractivity contribution is 5.58. The van der Waals surface area contributed by atoms with Crippen molar-refractivity contribution in [2.75, 3.05) is 18.0 Å². The normalized spacial score (nSPS) is 17.0. The molecule has 136 valence electrons. The molecule has 0 unspecified atom stereocenters. The van der Waals surface area contributed by atoms with Gasteiger partial charge in [-0.05, 0) is 37.1 Å². The minimum Gasteiger partial charge on any atom is -0.352 e. The van der Waals surface area contributed by atoms with Gasteiger partial charge in [-0.25, -0.2) is 19.0 Å². The van der Waals surface area contributed by atoms with Crippen molar-refractivity contribution < 1.29 is 4.39 Å². The lowest BCUT2D eigenvalue weighted by Crippen LogP contribution is -2.51. The Morgan fingerprint density at radius 2 is 1.93 bits per heavy atom. The Balaban J connectivity index is 1.36. The first-order valence-corrected chi connectivity index (χ1v) is 9.11. The van der Waals surface area contributed by atoms with Gasteiger partial charge in [0.2, 0.25) is 0 Å². The summed E-state index contributed by atoms with van der Waals surface area (Å²) in [6.45, 7) is 1.33. The third-order valence-electron chi connectivity index (χ3n) is 5.08. The lowest BCUT2D eigenvalue weighted by molar-refractivity contribution is 0.352. The fourth-order valence-electron chi connectivity index (χ4n) is 3.36. The molecule has 5 rings (SSSR count). The number of hydrogen-bond acceptors (Lipinski definition) is 5. The molecule has 2 aliphatic rings. The molecule has 0 atom stereocenters. The maximum absolute atomic E-state index is 13.5. The van der Waals surface area contributed by atoms with Gasteiger partial charge in [-0.2, -0.15) is 5.10 Å². The van der Waals surface area contributed by atoms with Crippen LogP contribution < -0.4 is 10.5 Å². The highest BCUT2D eigenvalue weighted by Gasteiger charge is 2.32. The van der Waals surface area contributed by atoms with Gasteiger partial charge in [-0.3, -0.25) is 4.79 Å². The van der Waals surface area contributed by atoms with E-state index in [-0.39, 0.29) is 17.4 Å². The molecule has 3 heterocycles. The summed E-state index contributed by atoms with van der Waals surface area (Å²) >= 11 is 0. The third-order valence-corrected chi connectivity index (χ3v) is 5.08. The number of rotatable bonds is 4. The van der Waals surface area contributed by atoms with Gasteiger partial charge in [-0.15, -0.1) is 0 Å². The van der Waals surface area contributed by atoms with Crippen LogP contribution in [0.2, 0.25) is 0 Å². The van der Waals surface area contributed by atoms with Crippen LogP contribution in [0, 0.1) is 5.82 Å². The van der Waals surface area contributed by atoms with Gasteiger partial charge in [0.05, 0.1) is 11.7 Å². The molecule has 0 N–H and O–H groups in total. The average Bonchev–Trinajstić information content (AvgIpc) is 3.47. The van der Waals surface area contributed by atoms with Crippen LogP contribution in [-0.2, 0) is 0 Å². The highest BCUT2D eigenvalue weighted by atomic mass is 19.1. The summed E-state index contributed by atoms with van der Waals surface area (Å²) in [5, 5.41) is 4.47. The predicted molar refractivity (Wildman–Crippen MR) is 99.1 cm³/mol. The van der Waals surface area contributed by atoms with E-state index in [2.05, 4.69) is 20.0 Å². The molecule has 0 amide bonds. The van der Waals surface area contributed by atoms with Crippen molar-refractivity contribution >= 4 is 5.82 Å². The zero-order chi connectivity index (χ0) is 18.4. The van der Waals surface area contributed by atoms with Crippen LogP contribution in [0.1, 0.15) is 30.6 Å². The maximum atomic E-state index is 13.5. The first kappa shape index (κ1) is 16.1. The molecule has 1 aliphatic carbocycles. The Kier molecular flexibility index (Phi) is 3.74. The number of halogens is 1. The summed E-state index contributed by atoms with van der Waals surface area (Å²) in [6.07, 6.45) is 4.13. The van der Waals surface area contributed by atoms with Crippen LogP contribution in [0.25, 0.3) is 11.3 Å². The van der Waals surface area contributed by atoms with Crippen molar-refractivity contribution in [1.29, 1.82) is 0 Å². The van der Waals surface area contributed by atoms with Crippen molar-refractivity contribution in [3.8, 4) is 11.3 Å². The molecule has 0 bridgehead atoms. The second-order valence-electron chi connectivity index (χ2n) is 7.12. The van der Waals surface area contributed by atoms with E-state index in [1.807, 2.05) is 6.07 Å². The molecule has 1 aromatic carbocycles. The molecule has 1 saturated heterocycles. The van der Waals surface area contributed by atoms with Crippen LogP contribution >= 0.6 is 0 Å². The number of aromatic nitrogens is 4. The quantitative estimate of drug-likeness (QED) is 0.713. The van der Waals surface area contributed by atoms with E-state index in [0.29, 0.717) is 30.3 Å². The molecule has 6 nitrogen and oxygen atoms in total. The fourth-order valence-corrected chi connectivity index (χ4v) is 3.36. The first-order chi connectivity index (χ1) is 13.2. The van der Waals surface area contributed by atoms with Gasteiger partial charge in [-0.1, -0.05) is 12.1 Å². The summed E-state index contributed by atoms with van der Waals surface area (Å²) in [6, 6.07) is 11.2. The Hall–Kier alpha value is -3.09. The van der Waals surface area contributed by atoms with Crippen LogP contribution in [0.15, 0.2) is 53.5 Å². The molecule has 1 saturated carbocycles. The third kappa shape index (κ3) is 3.09. The predicted octanol–water partition coefficient (Wildman–Crippen LogP) is 2.78. The first-order valence-electron chi connectivity index (χ1n) is 9.11. The molecule has 27 heavy (non-hydrogen) atoms. The molecule has 3 aromatic rings. The van der Waals surface area contributed by atoms with Crippen molar-refractivity contribution in [3.63, 3.8) is 0 Å². The lowest BCUT2D eigenvalue weighted by Gasteiger charge is -2.40. The Bertz CT molecular complexity index is 1060. The molecule has 2 fully saturated rings. The van der Waals surface area contributed by atoms with Crippen molar-refractivity contribution in [2.45, 2.75) is 24.8 Å². The van der Waals surface area contributed by atoms with E-state index in [1.165, 1.54) is 22.9 Å². The van der Waals surface area contributed by atoms with Crippen LogP contribution in [0.3, 0.4) is 0 Å². The van der Waals surface area contributed by atoms with Gasteiger partial charge in [0.1, 0.15) is 17.5 Å². The molecular formula is C20H18FN5O. The summed E-state index contributed by atoms with van der Waals surface area (Å²) in [4.78, 5) is 23.4. The minimum absolute atomic E-state index is 0.0228. The Morgan fingerprint density at radius 3 is 2.70 bits per heavy atom. The van der Waals surface area contributed by atoms with E-state index < -0.39 is 0 Å². The summed E-state index contributed by atoms with van der Waals surface area (Å²) in [5.74, 6) is 2.00. The van der Waals surface area contributed by atoms with E-state index in [1.54, 1.807) is 24.4 Å². The SMILES string of the molecule is O=c1ccc(-c2cccc(F)c2)nn1C1CN(c2ccnc(C3CC3)n2)C1. The fraction of sp³-hybridized carbons (Fsp3) is 0.300. The zero-order valence-electron chi connectivity index (χ0n) is 14.6. The summed E-state index contributed by atoms with van der Waals surface area (Å²) in [5.41, 5.74) is 1.09. The minimum atomic E-state index is -0.322. The van der Waals surface area contributed by atoms with Gasteiger partial charge < -0.3 is 4.90 Å². The lowest BCUT2D eigenvalue weighted by atomic mass is 10.1. The second-order valence-corrected chi connectivity index (χ2v) is 7.12. The van der Waals surface area contributed by atoms with E-state index in [4.69, 9.17) is 0 Å². The number of nitrogens with zero attached hydrogens (tertiary/aromatic N) is 5. The topological polar surface area (TPSA) is 63.9 Å². The number of anilines is 1. The highest BCUT2D eigenvalue weighted by Crippen LogP contribution is 2.38. The number of hydrogen-bond donors (Lipinski definition) is 0. The average molecular weight is 363 g/mol. The molecule has 0 radical (unpaired) electrons. The molecule has 0 spiro atoms. The van der Waals surface area contributed by atoms with Crippen molar-refractivity contribution in [3.05, 3.63) is 70.7 Å². The monoisotopic (exact) mass is 363 g/mol. The van der Waals surface area contributed by atoms with Gasteiger partial charge >= 0.3 is 0 Å². The number of benzene rings is 1.